The molecular formula is C18H15N3O. The average Bonchev–Trinajstić information content (AvgIpc) is 2.85. The molecule has 0 amide bonds. The molecule has 0 N–H and O–H groups in total. The number of hydrogen-bond acceptors (Lipinski definition) is 3. The predicted molar refractivity (Wildman–Crippen MR) is 84.6 cm³/mol. The van der Waals surface area contributed by atoms with Crippen LogP contribution in [0.5, 0.6) is 0 Å². The van der Waals surface area contributed by atoms with E-state index < -0.39 is 5.92 Å². The zero-order chi connectivity index (χ0) is 15.7. The summed E-state index contributed by atoms with van der Waals surface area (Å²) in [4.78, 5) is 17.2. The Morgan fingerprint density at radius 2 is 2.00 bits per heavy atom. The Kier molecular flexibility index (Phi) is 3.48. The van der Waals surface area contributed by atoms with Crippen molar-refractivity contribution in [1.29, 1.82) is 5.26 Å². The number of ketones is 1. The molecule has 0 fully saturated rings. The number of carbonyl (C=O) groups is 1. The van der Waals surface area contributed by atoms with E-state index in [9.17, 15) is 10.1 Å². The van der Waals surface area contributed by atoms with Gasteiger partial charge in [-0.3, -0.25) is 4.79 Å². The second kappa shape index (κ2) is 5.45. The Morgan fingerprint density at radius 1 is 1.23 bits per heavy atom. The summed E-state index contributed by atoms with van der Waals surface area (Å²) < 4.78 is 1.82. The van der Waals surface area contributed by atoms with Crippen LogP contribution in [0.3, 0.4) is 0 Å². The average molecular weight is 289 g/mol. The number of fused-ring (bicyclic) bond motifs is 1. The number of aryl methyl sites for hydroxylation is 2. The predicted octanol–water partition coefficient (Wildman–Crippen LogP) is 3.37. The van der Waals surface area contributed by atoms with Crippen LogP contribution in [0.15, 0.2) is 48.5 Å². The van der Waals surface area contributed by atoms with Gasteiger partial charge in [0.15, 0.2) is 11.7 Å². The molecule has 4 heteroatoms. The molecule has 1 atom stereocenters. The number of Topliss-reactive ketones (excluding diaryl/α,β-unsaturated/α-hetero) is 1. The van der Waals surface area contributed by atoms with E-state index >= 15 is 0 Å². The zero-order valence-corrected chi connectivity index (χ0v) is 12.4. The molecule has 3 rings (SSSR count). The number of benzene rings is 2. The summed E-state index contributed by atoms with van der Waals surface area (Å²) in [5.41, 5.74) is 3.23. The van der Waals surface area contributed by atoms with E-state index in [-0.39, 0.29) is 5.78 Å². The fraction of sp³-hybridized carbons (Fsp3) is 0.167. The van der Waals surface area contributed by atoms with Crippen molar-refractivity contribution < 1.29 is 4.79 Å². The summed E-state index contributed by atoms with van der Waals surface area (Å²) in [5, 5.41) is 9.51. The fourth-order valence-electron chi connectivity index (χ4n) is 2.62. The van der Waals surface area contributed by atoms with Crippen LogP contribution in [-0.4, -0.2) is 15.3 Å². The minimum atomic E-state index is -0.904. The molecule has 0 radical (unpaired) electrons. The van der Waals surface area contributed by atoms with E-state index in [1.54, 1.807) is 12.1 Å². The number of hydrogen-bond donors (Lipinski definition) is 0. The highest BCUT2D eigenvalue weighted by Crippen LogP contribution is 2.24. The van der Waals surface area contributed by atoms with Gasteiger partial charge in [0, 0.05) is 12.6 Å². The summed E-state index contributed by atoms with van der Waals surface area (Å²) in [6, 6.07) is 17.0. The van der Waals surface area contributed by atoms with E-state index in [2.05, 4.69) is 11.1 Å². The number of imidazole rings is 1. The lowest BCUT2D eigenvalue weighted by Crippen LogP contribution is -2.15. The first kappa shape index (κ1) is 14.0. The summed E-state index contributed by atoms with van der Waals surface area (Å²) in [7, 11) is 1.83. The van der Waals surface area contributed by atoms with E-state index in [1.807, 2.05) is 54.9 Å². The number of nitriles is 1. The second-order valence-corrected chi connectivity index (χ2v) is 5.31. The van der Waals surface area contributed by atoms with Crippen molar-refractivity contribution in [3.63, 3.8) is 0 Å². The van der Waals surface area contributed by atoms with E-state index in [0.29, 0.717) is 11.4 Å². The molecular weight excluding hydrogens is 274 g/mol. The van der Waals surface area contributed by atoms with Gasteiger partial charge in [-0.2, -0.15) is 5.26 Å². The molecule has 3 aromatic rings. The van der Waals surface area contributed by atoms with Crippen LogP contribution in [0.25, 0.3) is 11.0 Å². The second-order valence-electron chi connectivity index (χ2n) is 5.31. The van der Waals surface area contributed by atoms with Gasteiger partial charge in [0.25, 0.3) is 0 Å². The Bertz CT molecular complexity index is 902. The van der Waals surface area contributed by atoms with E-state index in [1.165, 1.54) is 0 Å². The SMILES string of the molecule is Cc1cccc(C(=O)C(C#N)c2nc3ccccc3n2C)c1. The standard InChI is InChI=1S/C18H15N3O/c1-12-6-5-7-13(10-12)17(22)14(11-19)18-20-15-8-3-4-9-16(15)21(18)2/h3-10,14H,1-2H3. The lowest BCUT2D eigenvalue weighted by atomic mass is 9.97. The number of para-hydroxylation sites is 2. The molecule has 1 aromatic heterocycles. The Hall–Kier alpha value is -2.93. The van der Waals surface area contributed by atoms with Crippen LogP contribution in [-0.2, 0) is 7.05 Å². The molecule has 4 nitrogen and oxygen atoms in total. The Balaban J connectivity index is 2.09. The smallest absolute Gasteiger partial charge is 0.187 e. The van der Waals surface area contributed by atoms with Gasteiger partial charge in [0.05, 0.1) is 17.1 Å². The maximum atomic E-state index is 12.7. The summed E-state index contributed by atoms with van der Waals surface area (Å²) in [5.74, 6) is -0.640. The van der Waals surface area contributed by atoms with Gasteiger partial charge < -0.3 is 4.57 Å². The Labute approximate surface area is 128 Å². The van der Waals surface area contributed by atoms with Gasteiger partial charge >= 0.3 is 0 Å². The zero-order valence-electron chi connectivity index (χ0n) is 12.4. The van der Waals surface area contributed by atoms with Crippen molar-refractivity contribution in [3.05, 3.63) is 65.5 Å². The quantitative estimate of drug-likeness (QED) is 0.694. The maximum Gasteiger partial charge on any atom is 0.187 e. The normalized spacial score (nSPS) is 12.0. The van der Waals surface area contributed by atoms with Crippen molar-refractivity contribution in [2.24, 2.45) is 7.05 Å². The first-order valence-electron chi connectivity index (χ1n) is 7.03. The maximum absolute atomic E-state index is 12.7. The molecule has 0 bridgehead atoms. The number of rotatable bonds is 3. The van der Waals surface area contributed by atoms with Gasteiger partial charge in [-0.25, -0.2) is 4.98 Å². The third-order valence-electron chi connectivity index (χ3n) is 3.77. The molecule has 0 aliphatic carbocycles. The van der Waals surface area contributed by atoms with Crippen molar-refractivity contribution in [2.75, 3.05) is 0 Å². The van der Waals surface area contributed by atoms with Crippen molar-refractivity contribution in [3.8, 4) is 6.07 Å². The molecule has 0 aliphatic heterocycles. The summed E-state index contributed by atoms with van der Waals surface area (Å²) in [6.45, 7) is 1.92. The van der Waals surface area contributed by atoms with Crippen LogP contribution in [0.4, 0.5) is 0 Å². The van der Waals surface area contributed by atoms with Gasteiger partial charge in [-0.1, -0.05) is 35.9 Å². The van der Waals surface area contributed by atoms with Crippen molar-refractivity contribution >= 4 is 16.8 Å². The summed E-state index contributed by atoms with van der Waals surface area (Å²) >= 11 is 0. The molecule has 2 aromatic carbocycles. The largest absolute Gasteiger partial charge is 0.330 e. The first-order chi connectivity index (χ1) is 10.6. The molecule has 1 heterocycles. The van der Waals surface area contributed by atoms with Crippen LogP contribution in [0.2, 0.25) is 0 Å². The molecule has 0 spiro atoms. The van der Waals surface area contributed by atoms with E-state index in [4.69, 9.17) is 0 Å². The number of nitrogens with zero attached hydrogens (tertiary/aromatic N) is 3. The van der Waals surface area contributed by atoms with Crippen molar-refractivity contribution in [1.82, 2.24) is 9.55 Å². The number of aromatic nitrogens is 2. The minimum Gasteiger partial charge on any atom is -0.330 e. The minimum absolute atomic E-state index is 0.218. The monoisotopic (exact) mass is 289 g/mol. The third-order valence-corrected chi connectivity index (χ3v) is 3.77. The van der Waals surface area contributed by atoms with Gasteiger partial charge in [0.2, 0.25) is 0 Å². The van der Waals surface area contributed by atoms with Crippen LogP contribution in [0.1, 0.15) is 27.7 Å². The van der Waals surface area contributed by atoms with Crippen LogP contribution < -0.4 is 0 Å². The fourth-order valence-corrected chi connectivity index (χ4v) is 2.62. The molecule has 0 saturated carbocycles. The lowest BCUT2D eigenvalue weighted by molar-refractivity contribution is 0.0975. The van der Waals surface area contributed by atoms with E-state index in [0.717, 1.165) is 16.6 Å². The highest BCUT2D eigenvalue weighted by Gasteiger charge is 2.26. The van der Waals surface area contributed by atoms with Gasteiger partial charge in [0.1, 0.15) is 5.82 Å². The third kappa shape index (κ3) is 2.27. The molecule has 0 aliphatic rings. The van der Waals surface area contributed by atoms with Gasteiger partial charge in [-0.05, 0) is 25.1 Å². The van der Waals surface area contributed by atoms with Crippen LogP contribution in [0, 0.1) is 18.3 Å². The lowest BCUT2D eigenvalue weighted by Gasteiger charge is -2.09. The first-order valence-corrected chi connectivity index (χ1v) is 7.03. The molecule has 22 heavy (non-hydrogen) atoms. The topological polar surface area (TPSA) is 58.7 Å². The highest BCUT2D eigenvalue weighted by molar-refractivity contribution is 6.02. The highest BCUT2D eigenvalue weighted by atomic mass is 16.1. The molecule has 0 saturated heterocycles. The van der Waals surface area contributed by atoms with Gasteiger partial charge in [-0.15, -0.1) is 0 Å². The molecule has 108 valence electrons. The molecule has 1 unspecified atom stereocenters. The number of carbonyl (C=O) groups excluding carboxylic acids is 1. The van der Waals surface area contributed by atoms with Crippen LogP contribution >= 0.6 is 0 Å². The Morgan fingerprint density at radius 3 is 2.68 bits per heavy atom. The van der Waals surface area contributed by atoms with Crippen molar-refractivity contribution in [2.45, 2.75) is 12.8 Å². The summed E-state index contributed by atoms with van der Waals surface area (Å²) in [6.07, 6.45) is 0.